The highest BCUT2D eigenvalue weighted by atomic mass is 35.5. The third kappa shape index (κ3) is 4.89. The van der Waals surface area contributed by atoms with Crippen molar-refractivity contribution < 1.29 is 9.21 Å². The summed E-state index contributed by atoms with van der Waals surface area (Å²) in [4.78, 5) is 22.0. The van der Waals surface area contributed by atoms with Gasteiger partial charge in [0.1, 0.15) is 5.76 Å². The highest BCUT2D eigenvalue weighted by Gasteiger charge is 2.15. The summed E-state index contributed by atoms with van der Waals surface area (Å²) in [6.45, 7) is 0. The number of aromatic nitrogens is 3. The topological polar surface area (TPSA) is 73.0 Å². The number of furan rings is 1. The van der Waals surface area contributed by atoms with Crippen molar-refractivity contribution in [2.45, 2.75) is 17.3 Å². The maximum absolute atomic E-state index is 12.5. The van der Waals surface area contributed by atoms with Crippen molar-refractivity contribution in [3.63, 3.8) is 0 Å². The van der Waals surface area contributed by atoms with E-state index in [1.807, 2.05) is 29.9 Å². The molecule has 1 amide bonds. The molecule has 6 nitrogen and oxygen atoms in total. The maximum Gasteiger partial charge on any atom is 0.293 e. The second kappa shape index (κ2) is 9.26. The highest BCUT2D eigenvalue weighted by Crippen LogP contribution is 2.30. The van der Waals surface area contributed by atoms with Gasteiger partial charge in [-0.1, -0.05) is 47.1 Å². The fraction of sp³-hybridized carbons (Fsp3) is 0.150. The Kier molecular flexibility index (Phi) is 6.48. The SMILES string of the molecule is Cn1ccnc1SCc1ccc(C(=O)Nc2ncc(Cc3cccc(Cl)c3Cl)s2)o1. The van der Waals surface area contributed by atoms with E-state index in [2.05, 4.69) is 15.3 Å². The van der Waals surface area contributed by atoms with Crippen molar-refractivity contribution in [3.05, 3.63) is 80.9 Å². The zero-order valence-corrected chi connectivity index (χ0v) is 18.9. The lowest BCUT2D eigenvalue weighted by atomic mass is 10.1. The number of hydrogen-bond donors (Lipinski definition) is 1. The van der Waals surface area contributed by atoms with Crippen LogP contribution in [-0.4, -0.2) is 20.4 Å². The van der Waals surface area contributed by atoms with E-state index in [9.17, 15) is 4.79 Å². The van der Waals surface area contributed by atoms with Crippen LogP contribution in [0.2, 0.25) is 10.0 Å². The summed E-state index contributed by atoms with van der Waals surface area (Å²) in [5, 5.41) is 5.20. The first-order chi connectivity index (χ1) is 14.5. The molecule has 0 aliphatic heterocycles. The third-order valence-electron chi connectivity index (χ3n) is 4.18. The monoisotopic (exact) mass is 478 g/mol. The minimum atomic E-state index is -0.343. The molecule has 0 saturated carbocycles. The van der Waals surface area contributed by atoms with E-state index in [4.69, 9.17) is 27.6 Å². The number of aryl methyl sites for hydroxylation is 1. The van der Waals surface area contributed by atoms with Crippen LogP contribution in [0.15, 0.2) is 58.5 Å². The second-order valence-electron chi connectivity index (χ2n) is 6.35. The Labute approximate surface area is 191 Å². The number of anilines is 1. The Bertz CT molecular complexity index is 1190. The average Bonchev–Trinajstić information content (AvgIpc) is 3.46. The number of benzene rings is 1. The Morgan fingerprint density at radius 1 is 1.27 bits per heavy atom. The number of carbonyl (C=O) groups is 1. The first-order valence-corrected chi connectivity index (χ1v) is 11.4. The van der Waals surface area contributed by atoms with Crippen LogP contribution in [0, 0.1) is 0 Å². The standard InChI is InChI=1S/C20H16Cl2N4O2S2/c1-26-8-7-23-20(26)29-11-13-5-6-16(28-13)18(27)25-19-24-10-14(30-19)9-12-3-2-4-15(21)17(12)22/h2-8,10H,9,11H2,1H3,(H,24,25,27). The van der Waals surface area contributed by atoms with Gasteiger partial charge in [0.05, 0.1) is 15.8 Å². The van der Waals surface area contributed by atoms with Crippen LogP contribution in [0.4, 0.5) is 5.13 Å². The number of imidazole rings is 1. The van der Waals surface area contributed by atoms with Gasteiger partial charge in [0, 0.05) is 36.9 Å². The normalized spacial score (nSPS) is 11.0. The van der Waals surface area contributed by atoms with Crippen molar-refractivity contribution >= 4 is 57.3 Å². The molecule has 4 aromatic rings. The number of thiazole rings is 1. The van der Waals surface area contributed by atoms with Crippen molar-refractivity contribution in [2.75, 3.05) is 5.32 Å². The highest BCUT2D eigenvalue weighted by molar-refractivity contribution is 7.98. The summed E-state index contributed by atoms with van der Waals surface area (Å²) in [5.41, 5.74) is 0.909. The Morgan fingerprint density at radius 3 is 2.93 bits per heavy atom. The van der Waals surface area contributed by atoms with Gasteiger partial charge in [-0.3, -0.25) is 10.1 Å². The molecule has 1 N–H and O–H groups in total. The lowest BCUT2D eigenvalue weighted by molar-refractivity contribution is 0.0995. The smallest absolute Gasteiger partial charge is 0.293 e. The number of nitrogens with one attached hydrogen (secondary N) is 1. The molecule has 4 rings (SSSR count). The molecule has 0 bridgehead atoms. The predicted octanol–water partition coefficient (Wildman–Crippen LogP) is 5.91. The molecule has 0 spiro atoms. The predicted molar refractivity (Wildman–Crippen MR) is 121 cm³/mol. The molecule has 0 unspecified atom stereocenters. The summed E-state index contributed by atoms with van der Waals surface area (Å²) in [6, 6.07) is 8.97. The van der Waals surface area contributed by atoms with Crippen LogP contribution < -0.4 is 5.32 Å². The van der Waals surface area contributed by atoms with Gasteiger partial charge in [0.15, 0.2) is 16.0 Å². The molecule has 1 aromatic carbocycles. The summed E-state index contributed by atoms with van der Waals surface area (Å²) >= 11 is 15.2. The molecule has 0 atom stereocenters. The van der Waals surface area contributed by atoms with Gasteiger partial charge in [-0.05, 0) is 23.8 Å². The van der Waals surface area contributed by atoms with Crippen molar-refractivity contribution in [2.24, 2.45) is 7.05 Å². The molecule has 3 heterocycles. The molecular formula is C20H16Cl2N4O2S2. The zero-order chi connectivity index (χ0) is 21.1. The zero-order valence-electron chi connectivity index (χ0n) is 15.8. The van der Waals surface area contributed by atoms with Crippen molar-refractivity contribution in [1.82, 2.24) is 14.5 Å². The maximum atomic E-state index is 12.5. The van der Waals surface area contributed by atoms with Crippen LogP contribution in [0.3, 0.4) is 0 Å². The number of carbonyl (C=O) groups excluding carboxylic acids is 1. The fourth-order valence-electron chi connectivity index (χ4n) is 2.68. The van der Waals surface area contributed by atoms with E-state index in [0.717, 1.165) is 15.6 Å². The molecule has 30 heavy (non-hydrogen) atoms. The van der Waals surface area contributed by atoms with Gasteiger partial charge >= 0.3 is 0 Å². The van der Waals surface area contributed by atoms with E-state index in [-0.39, 0.29) is 11.7 Å². The van der Waals surface area contributed by atoms with E-state index in [1.54, 1.807) is 30.6 Å². The third-order valence-corrected chi connectivity index (χ3v) is 7.03. The van der Waals surface area contributed by atoms with E-state index < -0.39 is 0 Å². The molecule has 0 radical (unpaired) electrons. The van der Waals surface area contributed by atoms with Gasteiger partial charge in [-0.15, -0.1) is 11.3 Å². The van der Waals surface area contributed by atoms with Gasteiger partial charge in [0.2, 0.25) is 0 Å². The quantitative estimate of drug-likeness (QED) is 0.334. The first-order valence-electron chi connectivity index (χ1n) is 8.87. The fourth-order valence-corrected chi connectivity index (χ4v) is 4.73. The Hall–Kier alpha value is -2.26. The van der Waals surface area contributed by atoms with Gasteiger partial charge in [0.25, 0.3) is 5.91 Å². The number of halogens is 2. The largest absolute Gasteiger partial charge is 0.455 e. The molecule has 0 aliphatic carbocycles. The number of amides is 1. The number of nitrogens with zero attached hydrogens (tertiary/aromatic N) is 3. The summed E-state index contributed by atoms with van der Waals surface area (Å²) in [5.74, 6) is 1.17. The summed E-state index contributed by atoms with van der Waals surface area (Å²) in [6.07, 6.45) is 5.93. The molecular weight excluding hydrogens is 463 g/mol. The van der Waals surface area contributed by atoms with Crippen molar-refractivity contribution in [1.29, 1.82) is 0 Å². The van der Waals surface area contributed by atoms with Crippen LogP contribution in [0.25, 0.3) is 0 Å². The summed E-state index contributed by atoms with van der Waals surface area (Å²) in [7, 11) is 1.93. The molecule has 10 heteroatoms. The van der Waals surface area contributed by atoms with E-state index >= 15 is 0 Å². The minimum Gasteiger partial charge on any atom is -0.455 e. The first kappa shape index (κ1) is 21.0. The van der Waals surface area contributed by atoms with Crippen LogP contribution in [-0.2, 0) is 19.2 Å². The van der Waals surface area contributed by atoms with E-state index in [1.165, 1.54) is 23.1 Å². The lowest BCUT2D eigenvalue weighted by Gasteiger charge is -2.03. The number of rotatable bonds is 7. The average molecular weight is 479 g/mol. The van der Waals surface area contributed by atoms with Gasteiger partial charge in [-0.25, -0.2) is 9.97 Å². The van der Waals surface area contributed by atoms with Crippen molar-refractivity contribution in [3.8, 4) is 0 Å². The van der Waals surface area contributed by atoms with Gasteiger partial charge < -0.3 is 8.98 Å². The van der Waals surface area contributed by atoms with E-state index in [0.29, 0.717) is 33.1 Å². The molecule has 0 fully saturated rings. The van der Waals surface area contributed by atoms with Crippen LogP contribution in [0.5, 0.6) is 0 Å². The Balaban J connectivity index is 1.36. The molecule has 154 valence electrons. The summed E-state index contributed by atoms with van der Waals surface area (Å²) < 4.78 is 7.59. The minimum absolute atomic E-state index is 0.236. The molecule has 3 aromatic heterocycles. The number of hydrogen-bond acceptors (Lipinski definition) is 6. The lowest BCUT2D eigenvalue weighted by Crippen LogP contribution is -2.10. The van der Waals surface area contributed by atoms with Crippen LogP contribution >= 0.6 is 46.3 Å². The second-order valence-corrected chi connectivity index (χ2v) is 9.19. The Morgan fingerprint density at radius 2 is 2.13 bits per heavy atom. The number of thioether (sulfide) groups is 1. The molecule has 0 saturated heterocycles. The van der Waals surface area contributed by atoms with Crippen LogP contribution in [0.1, 0.15) is 26.8 Å². The van der Waals surface area contributed by atoms with Gasteiger partial charge in [-0.2, -0.15) is 0 Å². The molecule has 0 aliphatic rings.